The third kappa shape index (κ3) is 4.96. The van der Waals surface area contributed by atoms with Crippen LogP contribution in [0.15, 0.2) is 0 Å². The number of rotatable bonds is 3. The van der Waals surface area contributed by atoms with Crippen molar-refractivity contribution in [2.24, 2.45) is 0 Å². The van der Waals surface area contributed by atoms with Crippen LogP contribution in [0.25, 0.3) is 0 Å². The lowest BCUT2D eigenvalue weighted by atomic mass is 10.4. The number of Topliss-reactive ketones (excluding diaryl/α,β-unsaturated/α-hetero) is 1. The first-order chi connectivity index (χ1) is 4.16. The number of hydrogen-bond donors (Lipinski definition) is 1. The Morgan fingerprint density at radius 2 is 2.11 bits per heavy atom. The standard InChI is InChI=1S/C5H8O4/c1-4(7)9-3-5(8)2-6/h6H,2-3H2,1H3. The van der Waals surface area contributed by atoms with Gasteiger partial charge in [-0.05, 0) is 0 Å². The summed E-state index contributed by atoms with van der Waals surface area (Å²) >= 11 is 0. The molecule has 0 fully saturated rings. The Balaban J connectivity index is 3.28. The maximum Gasteiger partial charge on any atom is 0.303 e. The first-order valence-corrected chi connectivity index (χ1v) is 2.42. The van der Waals surface area contributed by atoms with Crippen LogP contribution in [0.1, 0.15) is 6.92 Å². The molecule has 0 saturated carbocycles. The second kappa shape index (κ2) is 4.03. The topological polar surface area (TPSA) is 63.6 Å². The van der Waals surface area contributed by atoms with E-state index in [4.69, 9.17) is 5.11 Å². The van der Waals surface area contributed by atoms with Crippen LogP contribution >= 0.6 is 0 Å². The predicted molar refractivity (Wildman–Crippen MR) is 28.7 cm³/mol. The van der Waals surface area contributed by atoms with Crippen LogP contribution in [-0.2, 0) is 14.3 Å². The monoisotopic (exact) mass is 132 g/mol. The quantitative estimate of drug-likeness (QED) is 0.506. The minimum absolute atomic E-state index is 0.328. The molecule has 4 nitrogen and oxygen atoms in total. The lowest BCUT2D eigenvalue weighted by Gasteiger charge is -1.95. The summed E-state index contributed by atoms with van der Waals surface area (Å²) in [7, 11) is 0. The van der Waals surface area contributed by atoms with Crippen molar-refractivity contribution < 1.29 is 19.4 Å². The van der Waals surface area contributed by atoms with E-state index in [1.165, 1.54) is 6.92 Å². The van der Waals surface area contributed by atoms with Gasteiger partial charge in [-0.2, -0.15) is 0 Å². The van der Waals surface area contributed by atoms with E-state index in [9.17, 15) is 9.59 Å². The maximum atomic E-state index is 10.2. The summed E-state index contributed by atoms with van der Waals surface area (Å²) in [6.45, 7) is 0.295. The molecule has 0 aliphatic rings. The van der Waals surface area contributed by atoms with Crippen LogP contribution in [0.2, 0.25) is 0 Å². The second-order valence-corrected chi connectivity index (χ2v) is 1.48. The minimum Gasteiger partial charge on any atom is -0.458 e. The Morgan fingerprint density at radius 1 is 1.56 bits per heavy atom. The van der Waals surface area contributed by atoms with E-state index in [1.807, 2.05) is 0 Å². The van der Waals surface area contributed by atoms with Crippen molar-refractivity contribution in [2.45, 2.75) is 6.92 Å². The van der Waals surface area contributed by atoms with Crippen molar-refractivity contribution >= 4 is 11.8 Å². The zero-order valence-corrected chi connectivity index (χ0v) is 5.09. The molecule has 0 radical (unpaired) electrons. The number of ether oxygens (including phenoxy) is 1. The molecular formula is C5H8O4. The number of esters is 1. The van der Waals surface area contributed by atoms with Gasteiger partial charge < -0.3 is 9.84 Å². The van der Waals surface area contributed by atoms with Gasteiger partial charge in [0, 0.05) is 6.92 Å². The summed E-state index contributed by atoms with van der Waals surface area (Å²) in [6, 6.07) is 0. The third-order valence-electron chi connectivity index (χ3n) is 0.613. The zero-order valence-electron chi connectivity index (χ0n) is 5.09. The van der Waals surface area contributed by atoms with Crippen LogP contribution in [0.5, 0.6) is 0 Å². The smallest absolute Gasteiger partial charge is 0.303 e. The highest BCUT2D eigenvalue weighted by atomic mass is 16.5. The number of carbonyl (C=O) groups is 2. The molecule has 52 valence electrons. The first-order valence-electron chi connectivity index (χ1n) is 2.42. The zero-order chi connectivity index (χ0) is 7.28. The molecule has 0 saturated heterocycles. The van der Waals surface area contributed by atoms with Gasteiger partial charge in [0.25, 0.3) is 0 Å². The molecule has 0 rings (SSSR count). The second-order valence-electron chi connectivity index (χ2n) is 1.48. The maximum absolute atomic E-state index is 10.2. The van der Waals surface area contributed by atoms with E-state index in [2.05, 4.69) is 4.74 Å². The lowest BCUT2D eigenvalue weighted by molar-refractivity contribution is -0.146. The Hall–Kier alpha value is -0.900. The Labute approximate surface area is 52.4 Å². The molecule has 0 unspecified atom stereocenters. The van der Waals surface area contributed by atoms with E-state index < -0.39 is 18.4 Å². The summed E-state index contributed by atoms with van der Waals surface area (Å²) in [6.07, 6.45) is 0. The van der Waals surface area contributed by atoms with Crippen LogP contribution in [0.3, 0.4) is 0 Å². The third-order valence-corrected chi connectivity index (χ3v) is 0.613. The predicted octanol–water partition coefficient (Wildman–Crippen LogP) is -0.889. The van der Waals surface area contributed by atoms with Crippen molar-refractivity contribution in [2.75, 3.05) is 13.2 Å². The van der Waals surface area contributed by atoms with Gasteiger partial charge in [0.2, 0.25) is 0 Å². The van der Waals surface area contributed by atoms with Crippen LogP contribution in [0.4, 0.5) is 0 Å². The van der Waals surface area contributed by atoms with Crippen molar-refractivity contribution in [3.8, 4) is 0 Å². The summed E-state index contributed by atoms with van der Waals surface area (Å²) in [4.78, 5) is 20.2. The Bertz CT molecular complexity index is 118. The van der Waals surface area contributed by atoms with Crippen LogP contribution in [-0.4, -0.2) is 30.1 Å². The van der Waals surface area contributed by atoms with Gasteiger partial charge in [-0.1, -0.05) is 0 Å². The Kier molecular flexibility index (Phi) is 3.62. The SMILES string of the molecule is CC(=O)OCC(=O)CO. The normalized spacial score (nSPS) is 8.67. The molecule has 1 N–H and O–H groups in total. The van der Waals surface area contributed by atoms with Gasteiger partial charge >= 0.3 is 5.97 Å². The Morgan fingerprint density at radius 3 is 2.44 bits per heavy atom. The molecule has 0 aromatic rings. The summed E-state index contributed by atoms with van der Waals surface area (Å²) in [5.74, 6) is -1.01. The molecule has 0 spiro atoms. The van der Waals surface area contributed by atoms with Gasteiger partial charge in [0.15, 0.2) is 12.4 Å². The molecule has 4 heteroatoms. The van der Waals surface area contributed by atoms with Gasteiger partial charge in [-0.25, -0.2) is 0 Å². The highest BCUT2D eigenvalue weighted by molar-refractivity contribution is 5.82. The minimum atomic E-state index is -0.576. The molecule has 0 aliphatic heterocycles. The van der Waals surface area contributed by atoms with Crippen molar-refractivity contribution in [3.05, 3.63) is 0 Å². The van der Waals surface area contributed by atoms with Crippen LogP contribution < -0.4 is 0 Å². The molecule has 0 atom stereocenters. The molecule has 0 aliphatic carbocycles. The van der Waals surface area contributed by atoms with E-state index in [0.29, 0.717) is 0 Å². The van der Waals surface area contributed by atoms with Crippen molar-refractivity contribution in [3.63, 3.8) is 0 Å². The van der Waals surface area contributed by atoms with Gasteiger partial charge in [-0.15, -0.1) is 0 Å². The van der Waals surface area contributed by atoms with Gasteiger partial charge in [-0.3, -0.25) is 9.59 Å². The van der Waals surface area contributed by atoms with Crippen molar-refractivity contribution in [1.82, 2.24) is 0 Å². The fourth-order valence-electron chi connectivity index (χ4n) is 0.228. The number of ketones is 1. The molecule has 0 amide bonds. The molecular weight excluding hydrogens is 124 g/mol. The van der Waals surface area contributed by atoms with E-state index >= 15 is 0 Å². The highest BCUT2D eigenvalue weighted by Gasteiger charge is 1.99. The van der Waals surface area contributed by atoms with Gasteiger partial charge in [0.05, 0.1) is 0 Å². The number of aliphatic hydroxyl groups excluding tert-OH is 1. The average molecular weight is 132 g/mol. The molecule has 9 heavy (non-hydrogen) atoms. The molecule has 0 aromatic heterocycles. The van der Waals surface area contributed by atoms with E-state index in [1.54, 1.807) is 0 Å². The largest absolute Gasteiger partial charge is 0.458 e. The fraction of sp³-hybridized carbons (Fsp3) is 0.600. The number of aliphatic hydroxyl groups is 1. The number of hydrogen-bond acceptors (Lipinski definition) is 4. The summed E-state index contributed by atoms with van der Waals surface area (Å²) in [5.41, 5.74) is 0. The highest BCUT2D eigenvalue weighted by Crippen LogP contribution is 1.76. The molecule has 0 aromatic carbocycles. The summed E-state index contributed by atoms with van der Waals surface area (Å²) in [5, 5.41) is 8.11. The summed E-state index contributed by atoms with van der Waals surface area (Å²) < 4.78 is 4.25. The lowest BCUT2D eigenvalue weighted by Crippen LogP contribution is -2.14. The van der Waals surface area contributed by atoms with E-state index in [0.717, 1.165) is 0 Å². The van der Waals surface area contributed by atoms with Crippen molar-refractivity contribution in [1.29, 1.82) is 0 Å². The molecule has 0 heterocycles. The fourth-order valence-corrected chi connectivity index (χ4v) is 0.228. The average Bonchev–Trinajstić information content (AvgIpc) is 1.83. The first kappa shape index (κ1) is 8.10. The van der Waals surface area contributed by atoms with Crippen LogP contribution in [0, 0.1) is 0 Å². The molecule has 0 bridgehead atoms. The van der Waals surface area contributed by atoms with Gasteiger partial charge in [0.1, 0.15) is 6.61 Å². The van der Waals surface area contributed by atoms with E-state index in [-0.39, 0.29) is 6.61 Å². The number of carbonyl (C=O) groups excluding carboxylic acids is 2.